The van der Waals surface area contributed by atoms with Gasteiger partial charge in [-0.15, -0.1) is 0 Å². The van der Waals surface area contributed by atoms with Crippen LogP contribution in [0.15, 0.2) is 23.3 Å². The monoisotopic (exact) mass is 238 g/mol. The van der Waals surface area contributed by atoms with E-state index in [2.05, 4.69) is 26.8 Å². The van der Waals surface area contributed by atoms with Crippen LogP contribution in [-0.2, 0) is 9.53 Å². The van der Waals surface area contributed by atoms with Crippen LogP contribution >= 0.6 is 0 Å². The van der Waals surface area contributed by atoms with Crippen LogP contribution in [0.2, 0.25) is 0 Å². The molecule has 0 amide bonds. The van der Waals surface area contributed by atoms with E-state index in [0.717, 1.165) is 24.8 Å². The Morgan fingerprint density at radius 3 is 2.29 bits per heavy atom. The van der Waals surface area contributed by atoms with Crippen molar-refractivity contribution in [2.45, 2.75) is 53.9 Å². The Morgan fingerprint density at radius 2 is 1.76 bits per heavy atom. The van der Waals surface area contributed by atoms with Gasteiger partial charge in [-0.2, -0.15) is 0 Å². The molecule has 0 aromatic heterocycles. The van der Waals surface area contributed by atoms with E-state index in [1.165, 1.54) is 11.6 Å². The highest BCUT2D eigenvalue weighted by Gasteiger charge is 2.03. The Labute approximate surface area is 106 Å². The standard InChI is InChI=1S/C15H26O2/c1-12(2)7-6-8-14(5)9-10-17-15(16)11-13(3)4/h7,11,14H,6,8-10H2,1-5H3. The van der Waals surface area contributed by atoms with Crippen LogP contribution in [0.3, 0.4) is 0 Å². The van der Waals surface area contributed by atoms with Crippen LogP contribution in [0, 0.1) is 5.92 Å². The fraction of sp³-hybridized carbons (Fsp3) is 0.667. The summed E-state index contributed by atoms with van der Waals surface area (Å²) in [6.45, 7) is 10.7. The fourth-order valence-electron chi connectivity index (χ4n) is 1.44. The fourth-order valence-corrected chi connectivity index (χ4v) is 1.44. The van der Waals surface area contributed by atoms with Crippen molar-refractivity contribution in [3.63, 3.8) is 0 Å². The Kier molecular flexibility index (Phi) is 8.47. The number of esters is 1. The van der Waals surface area contributed by atoms with Gasteiger partial charge < -0.3 is 4.74 Å². The number of rotatable bonds is 7. The van der Waals surface area contributed by atoms with E-state index in [-0.39, 0.29) is 5.97 Å². The first-order chi connectivity index (χ1) is 7.91. The molecule has 98 valence electrons. The third kappa shape index (κ3) is 11.2. The minimum absolute atomic E-state index is 0.221. The molecule has 0 rings (SSSR count). The second-order valence-electron chi connectivity index (χ2n) is 5.14. The van der Waals surface area contributed by atoms with Crippen LogP contribution in [0.25, 0.3) is 0 Å². The normalized spacial score (nSPS) is 11.6. The molecule has 0 aromatic carbocycles. The molecule has 0 radical (unpaired) electrons. The first-order valence-electron chi connectivity index (χ1n) is 6.37. The van der Waals surface area contributed by atoms with Crippen molar-refractivity contribution in [2.75, 3.05) is 6.61 Å². The predicted molar refractivity (Wildman–Crippen MR) is 72.8 cm³/mol. The zero-order valence-electron chi connectivity index (χ0n) is 11.9. The maximum absolute atomic E-state index is 11.2. The highest BCUT2D eigenvalue weighted by atomic mass is 16.5. The van der Waals surface area contributed by atoms with E-state index in [1.807, 2.05) is 13.8 Å². The number of hydrogen-bond acceptors (Lipinski definition) is 2. The molecule has 2 nitrogen and oxygen atoms in total. The van der Waals surface area contributed by atoms with Crippen LogP contribution in [0.5, 0.6) is 0 Å². The van der Waals surface area contributed by atoms with Gasteiger partial charge in [0.2, 0.25) is 0 Å². The quantitative estimate of drug-likeness (QED) is 0.376. The lowest BCUT2D eigenvalue weighted by molar-refractivity contribution is -0.138. The maximum atomic E-state index is 11.2. The average Bonchev–Trinajstić information content (AvgIpc) is 2.15. The smallest absolute Gasteiger partial charge is 0.330 e. The molecule has 0 heterocycles. The predicted octanol–water partition coefficient (Wildman–Crippen LogP) is 4.27. The van der Waals surface area contributed by atoms with E-state index in [9.17, 15) is 4.79 Å². The van der Waals surface area contributed by atoms with Gasteiger partial charge >= 0.3 is 5.97 Å². The molecule has 0 fully saturated rings. The molecule has 1 unspecified atom stereocenters. The molecule has 0 aliphatic heterocycles. The van der Waals surface area contributed by atoms with Crippen molar-refractivity contribution < 1.29 is 9.53 Å². The Hall–Kier alpha value is -1.05. The van der Waals surface area contributed by atoms with E-state index in [1.54, 1.807) is 0 Å². The van der Waals surface area contributed by atoms with Gasteiger partial charge in [-0.3, -0.25) is 0 Å². The molecule has 0 aliphatic carbocycles. The second-order valence-corrected chi connectivity index (χ2v) is 5.14. The van der Waals surface area contributed by atoms with Crippen LogP contribution in [-0.4, -0.2) is 12.6 Å². The molecule has 0 saturated heterocycles. The van der Waals surface area contributed by atoms with Crippen LogP contribution < -0.4 is 0 Å². The Morgan fingerprint density at radius 1 is 1.12 bits per heavy atom. The maximum Gasteiger partial charge on any atom is 0.330 e. The molecule has 17 heavy (non-hydrogen) atoms. The molecular weight excluding hydrogens is 212 g/mol. The summed E-state index contributed by atoms with van der Waals surface area (Å²) in [7, 11) is 0. The Balaban J connectivity index is 3.64. The molecule has 2 heteroatoms. The summed E-state index contributed by atoms with van der Waals surface area (Å²) in [6.07, 6.45) is 7.01. The van der Waals surface area contributed by atoms with E-state index < -0.39 is 0 Å². The zero-order valence-corrected chi connectivity index (χ0v) is 11.9. The summed E-state index contributed by atoms with van der Waals surface area (Å²) < 4.78 is 5.12. The van der Waals surface area contributed by atoms with Gasteiger partial charge in [0.25, 0.3) is 0 Å². The molecule has 0 N–H and O–H groups in total. The largest absolute Gasteiger partial charge is 0.463 e. The van der Waals surface area contributed by atoms with Gasteiger partial charge in [0.05, 0.1) is 6.61 Å². The Bertz CT molecular complexity index is 279. The minimum atomic E-state index is -0.221. The van der Waals surface area contributed by atoms with Crippen molar-refractivity contribution in [2.24, 2.45) is 5.92 Å². The lowest BCUT2D eigenvalue weighted by Gasteiger charge is -2.09. The second kappa shape index (κ2) is 9.03. The van der Waals surface area contributed by atoms with Gasteiger partial charge in [-0.1, -0.05) is 24.1 Å². The van der Waals surface area contributed by atoms with Gasteiger partial charge in [-0.25, -0.2) is 4.79 Å². The lowest BCUT2D eigenvalue weighted by atomic mass is 10.0. The van der Waals surface area contributed by atoms with E-state index in [4.69, 9.17) is 4.74 Å². The first kappa shape index (κ1) is 16.0. The molecule has 1 atom stereocenters. The van der Waals surface area contributed by atoms with Crippen molar-refractivity contribution in [1.82, 2.24) is 0 Å². The average molecular weight is 238 g/mol. The summed E-state index contributed by atoms with van der Waals surface area (Å²) in [5, 5.41) is 0. The molecule has 0 bridgehead atoms. The summed E-state index contributed by atoms with van der Waals surface area (Å²) in [4.78, 5) is 11.2. The minimum Gasteiger partial charge on any atom is -0.463 e. The highest BCUT2D eigenvalue weighted by molar-refractivity contribution is 5.82. The third-order valence-corrected chi connectivity index (χ3v) is 2.47. The SMILES string of the molecule is CC(C)=CCCC(C)CCOC(=O)C=C(C)C. The van der Waals surface area contributed by atoms with E-state index >= 15 is 0 Å². The van der Waals surface area contributed by atoms with Crippen LogP contribution in [0.4, 0.5) is 0 Å². The van der Waals surface area contributed by atoms with Gasteiger partial charge in [0, 0.05) is 6.08 Å². The van der Waals surface area contributed by atoms with Crippen molar-refractivity contribution >= 4 is 5.97 Å². The third-order valence-electron chi connectivity index (χ3n) is 2.47. The number of carbonyl (C=O) groups excluding carboxylic acids is 1. The molecule has 0 spiro atoms. The number of carbonyl (C=O) groups is 1. The molecule has 0 aliphatic rings. The van der Waals surface area contributed by atoms with Gasteiger partial charge in [-0.05, 0) is 52.9 Å². The molecule has 0 saturated carbocycles. The summed E-state index contributed by atoms with van der Waals surface area (Å²) in [5.74, 6) is 0.381. The van der Waals surface area contributed by atoms with Crippen molar-refractivity contribution in [3.8, 4) is 0 Å². The van der Waals surface area contributed by atoms with E-state index in [0.29, 0.717) is 12.5 Å². The van der Waals surface area contributed by atoms with Crippen LogP contribution in [0.1, 0.15) is 53.9 Å². The summed E-state index contributed by atoms with van der Waals surface area (Å²) >= 11 is 0. The lowest BCUT2D eigenvalue weighted by Crippen LogP contribution is -2.06. The number of hydrogen-bond donors (Lipinski definition) is 0. The summed E-state index contributed by atoms with van der Waals surface area (Å²) in [6, 6.07) is 0. The van der Waals surface area contributed by atoms with Crippen molar-refractivity contribution in [3.05, 3.63) is 23.3 Å². The molecule has 0 aromatic rings. The van der Waals surface area contributed by atoms with Crippen molar-refractivity contribution in [1.29, 1.82) is 0 Å². The number of allylic oxidation sites excluding steroid dienone is 3. The topological polar surface area (TPSA) is 26.3 Å². The summed E-state index contributed by atoms with van der Waals surface area (Å²) in [5.41, 5.74) is 2.35. The van der Waals surface area contributed by atoms with Gasteiger partial charge in [0.1, 0.15) is 0 Å². The first-order valence-corrected chi connectivity index (χ1v) is 6.37. The zero-order chi connectivity index (χ0) is 13.3. The highest BCUT2D eigenvalue weighted by Crippen LogP contribution is 2.11. The van der Waals surface area contributed by atoms with Gasteiger partial charge in [0.15, 0.2) is 0 Å². The number of ether oxygens (including phenoxy) is 1. The molecular formula is C15H26O2.